The monoisotopic (exact) mass is 497 g/mol. The summed E-state index contributed by atoms with van der Waals surface area (Å²) in [7, 11) is 0. The van der Waals surface area contributed by atoms with Crippen LogP contribution in [0.4, 0.5) is 17.1 Å². The van der Waals surface area contributed by atoms with E-state index in [1.54, 1.807) is 19.1 Å². The van der Waals surface area contributed by atoms with Crippen LogP contribution in [0.5, 0.6) is 0 Å². The molecule has 0 radical (unpaired) electrons. The number of nitrogens with zero attached hydrogens (tertiary/aromatic N) is 2. The van der Waals surface area contributed by atoms with E-state index in [9.17, 15) is 10.1 Å². The summed E-state index contributed by atoms with van der Waals surface area (Å²) >= 11 is 0. The predicted molar refractivity (Wildman–Crippen MR) is 153 cm³/mol. The molecule has 0 aromatic heterocycles. The summed E-state index contributed by atoms with van der Waals surface area (Å²) in [6.07, 6.45) is 4.02. The van der Waals surface area contributed by atoms with Gasteiger partial charge in [-0.05, 0) is 65.9 Å². The van der Waals surface area contributed by atoms with Crippen LogP contribution in [-0.4, -0.2) is 18.4 Å². The van der Waals surface area contributed by atoms with E-state index in [4.69, 9.17) is 10.1 Å². The molecule has 4 aromatic carbocycles. The fraction of sp³-hybridized carbons (Fsp3) is 0.0909. The zero-order valence-electron chi connectivity index (χ0n) is 21.0. The Kier molecular flexibility index (Phi) is 8.65. The van der Waals surface area contributed by atoms with Crippen molar-refractivity contribution in [3.05, 3.63) is 131 Å². The molecule has 0 spiro atoms. The van der Waals surface area contributed by atoms with Gasteiger partial charge in [0, 0.05) is 17.1 Å². The van der Waals surface area contributed by atoms with Crippen molar-refractivity contribution in [2.24, 2.45) is 0 Å². The summed E-state index contributed by atoms with van der Waals surface area (Å²) in [5.41, 5.74) is 5.73. The number of anilines is 3. The maximum Gasteiger partial charge on any atom is 0.345 e. The highest BCUT2D eigenvalue weighted by Gasteiger charge is 2.24. The number of carbonyl (C=O) groups excluding carboxylic acids is 1. The number of hydrogen-bond donors (Lipinski definition) is 1. The minimum atomic E-state index is -0.908. The predicted octanol–water partition coefficient (Wildman–Crippen LogP) is 7.67. The summed E-state index contributed by atoms with van der Waals surface area (Å²) in [6, 6.07) is 38.3. The Bertz CT molecular complexity index is 1440. The van der Waals surface area contributed by atoms with Gasteiger partial charge in [0.15, 0.2) is 0 Å². The van der Waals surface area contributed by atoms with Gasteiger partial charge in [-0.25, -0.2) is 4.79 Å². The molecule has 38 heavy (non-hydrogen) atoms. The van der Waals surface area contributed by atoms with Crippen LogP contribution in [0.1, 0.15) is 29.5 Å². The molecule has 0 bridgehead atoms. The molecule has 0 aliphatic carbocycles. The first-order chi connectivity index (χ1) is 18.6. The fourth-order valence-electron chi connectivity index (χ4n) is 4.08. The Morgan fingerprint density at radius 1 is 0.816 bits per heavy atom. The minimum absolute atomic E-state index is 0.0993. The molecule has 4 aromatic rings. The number of nitrogens with one attached hydrogen (secondary N) is 1. The van der Waals surface area contributed by atoms with Gasteiger partial charge in [0.05, 0.1) is 12.7 Å². The summed E-state index contributed by atoms with van der Waals surface area (Å²) in [6.45, 7) is 1.85. The van der Waals surface area contributed by atoms with Crippen LogP contribution in [0.15, 0.2) is 115 Å². The standard InChI is InChI=1S/C33H27N3O2/c1-2-38-33(37)32(24-35)31(23-34)27-19-15-25(16-20-27)13-14-26-17-21-30(22-18-26)36(28-9-5-3-6-10-28)29-11-7-4-8-12-29/h3-22,31,35H,2H2,1H3/b14-13+. The summed E-state index contributed by atoms with van der Waals surface area (Å²) in [4.78, 5) is 14.3. The van der Waals surface area contributed by atoms with Gasteiger partial charge in [0.25, 0.3) is 0 Å². The molecule has 1 N–H and O–H groups in total. The van der Waals surface area contributed by atoms with Crippen molar-refractivity contribution >= 4 is 41.1 Å². The van der Waals surface area contributed by atoms with Crippen molar-refractivity contribution in [3.8, 4) is 6.07 Å². The second-order valence-electron chi connectivity index (χ2n) is 8.42. The average molecular weight is 498 g/mol. The third-order valence-corrected chi connectivity index (χ3v) is 5.97. The van der Waals surface area contributed by atoms with Gasteiger partial charge < -0.3 is 9.64 Å². The van der Waals surface area contributed by atoms with Crippen LogP contribution in [0.2, 0.25) is 0 Å². The third kappa shape index (κ3) is 6.14. The molecule has 0 saturated heterocycles. The fourth-order valence-corrected chi connectivity index (χ4v) is 4.08. The van der Waals surface area contributed by atoms with Gasteiger partial charge in [-0.1, -0.05) is 84.9 Å². The molecule has 0 aliphatic rings. The highest BCUT2D eigenvalue weighted by atomic mass is 16.5. The number of rotatable bonds is 9. The highest BCUT2D eigenvalue weighted by molar-refractivity contribution is 5.99. The number of carbonyl (C=O) groups is 1. The molecule has 0 saturated carbocycles. The lowest BCUT2D eigenvalue weighted by Crippen LogP contribution is -2.14. The number of nitriles is 1. The maximum absolute atomic E-state index is 12.1. The first kappa shape index (κ1) is 25.9. The molecule has 5 nitrogen and oxygen atoms in total. The van der Waals surface area contributed by atoms with E-state index in [0.29, 0.717) is 5.56 Å². The largest absolute Gasteiger partial charge is 0.462 e. The number of ether oxygens (including phenoxy) is 1. The first-order valence-corrected chi connectivity index (χ1v) is 12.3. The van der Waals surface area contributed by atoms with E-state index in [1.165, 1.54) is 0 Å². The summed E-state index contributed by atoms with van der Waals surface area (Å²) in [5, 5.41) is 17.0. The van der Waals surface area contributed by atoms with Crippen molar-refractivity contribution in [2.45, 2.75) is 12.8 Å². The Balaban J connectivity index is 1.51. The van der Waals surface area contributed by atoms with Crippen LogP contribution in [0, 0.1) is 16.7 Å². The second kappa shape index (κ2) is 12.7. The van der Waals surface area contributed by atoms with Gasteiger partial charge in [-0.3, -0.25) is 5.41 Å². The van der Waals surface area contributed by atoms with E-state index in [0.717, 1.165) is 28.2 Å². The van der Waals surface area contributed by atoms with Gasteiger partial charge in [0.2, 0.25) is 0 Å². The number of hydrogen-bond acceptors (Lipinski definition) is 5. The lowest BCUT2D eigenvalue weighted by atomic mass is 9.92. The van der Waals surface area contributed by atoms with Crippen LogP contribution >= 0.6 is 0 Å². The molecule has 4 rings (SSSR count). The zero-order valence-corrected chi connectivity index (χ0v) is 21.0. The van der Waals surface area contributed by atoms with Crippen LogP contribution in [-0.2, 0) is 9.53 Å². The van der Waals surface area contributed by atoms with E-state index in [2.05, 4.69) is 65.4 Å². The van der Waals surface area contributed by atoms with Gasteiger partial charge >= 0.3 is 5.97 Å². The lowest BCUT2D eigenvalue weighted by Gasteiger charge is -2.25. The molecule has 186 valence electrons. The Hall–Kier alpha value is -5.17. The SMILES string of the molecule is CCOC(=O)C(=C=N)C(C#N)c1ccc(/C=C/c2ccc(N(c3ccccc3)c3ccccc3)cc2)cc1. The molecule has 1 unspecified atom stereocenters. The molecular weight excluding hydrogens is 470 g/mol. The molecule has 0 heterocycles. The van der Waals surface area contributed by atoms with Crippen LogP contribution in [0.3, 0.4) is 0 Å². The first-order valence-electron chi connectivity index (χ1n) is 12.3. The number of esters is 1. The van der Waals surface area contributed by atoms with Crippen LogP contribution < -0.4 is 4.90 Å². The Morgan fingerprint density at radius 3 is 1.74 bits per heavy atom. The van der Waals surface area contributed by atoms with E-state index in [-0.39, 0.29) is 12.2 Å². The minimum Gasteiger partial charge on any atom is -0.462 e. The van der Waals surface area contributed by atoms with Gasteiger partial charge in [-0.15, -0.1) is 0 Å². The van der Waals surface area contributed by atoms with Gasteiger partial charge in [0.1, 0.15) is 11.5 Å². The second-order valence-corrected chi connectivity index (χ2v) is 8.42. The molecule has 0 fully saturated rings. The molecule has 5 heteroatoms. The highest BCUT2D eigenvalue weighted by Crippen LogP contribution is 2.34. The molecule has 0 aliphatic heterocycles. The molecule has 1 atom stereocenters. The smallest absolute Gasteiger partial charge is 0.345 e. The third-order valence-electron chi connectivity index (χ3n) is 5.97. The van der Waals surface area contributed by atoms with E-state index >= 15 is 0 Å². The molecular formula is C33H27N3O2. The molecule has 0 amide bonds. The Labute approximate surface area is 223 Å². The average Bonchev–Trinajstić information content (AvgIpc) is 2.97. The van der Waals surface area contributed by atoms with Crippen molar-refractivity contribution < 1.29 is 9.53 Å². The normalized spacial score (nSPS) is 11.3. The zero-order chi connectivity index (χ0) is 26.7. The van der Waals surface area contributed by atoms with E-state index < -0.39 is 11.9 Å². The van der Waals surface area contributed by atoms with Gasteiger partial charge in [-0.2, -0.15) is 5.26 Å². The summed E-state index contributed by atoms with van der Waals surface area (Å²) in [5.74, 6) is 0.480. The topological polar surface area (TPSA) is 77.2 Å². The number of benzene rings is 4. The van der Waals surface area contributed by atoms with Crippen molar-refractivity contribution in [2.75, 3.05) is 11.5 Å². The lowest BCUT2D eigenvalue weighted by molar-refractivity contribution is -0.138. The van der Waals surface area contributed by atoms with Crippen molar-refractivity contribution in [1.82, 2.24) is 0 Å². The van der Waals surface area contributed by atoms with Crippen LogP contribution in [0.25, 0.3) is 12.2 Å². The van der Waals surface area contributed by atoms with Crippen molar-refractivity contribution in [1.29, 1.82) is 10.7 Å². The van der Waals surface area contributed by atoms with E-state index in [1.807, 2.05) is 60.7 Å². The number of para-hydroxylation sites is 2. The Morgan fingerprint density at radius 2 is 1.29 bits per heavy atom. The van der Waals surface area contributed by atoms with Crippen molar-refractivity contribution in [3.63, 3.8) is 0 Å². The summed E-state index contributed by atoms with van der Waals surface area (Å²) < 4.78 is 4.96. The maximum atomic E-state index is 12.1. The quantitative estimate of drug-likeness (QED) is 0.111.